The van der Waals surface area contributed by atoms with Gasteiger partial charge in [0.25, 0.3) is 0 Å². The number of nitrogens with zero attached hydrogens (tertiary/aromatic N) is 3. The maximum Gasteiger partial charge on any atom is 0.0716 e. The Labute approximate surface area is 155 Å². The Morgan fingerprint density at radius 3 is 1.92 bits per heavy atom. The fourth-order valence-electron chi connectivity index (χ4n) is 2.57. The highest BCUT2D eigenvalue weighted by molar-refractivity contribution is 5.78. The number of allylic oxidation sites excluding steroid dienone is 4. The predicted molar refractivity (Wildman–Crippen MR) is 109 cm³/mol. The smallest absolute Gasteiger partial charge is 0.0716 e. The van der Waals surface area contributed by atoms with Gasteiger partial charge in [0.2, 0.25) is 0 Å². The van der Waals surface area contributed by atoms with Crippen molar-refractivity contribution < 1.29 is 0 Å². The Hall–Kier alpha value is -3.51. The summed E-state index contributed by atoms with van der Waals surface area (Å²) >= 11 is 0. The first-order chi connectivity index (χ1) is 12.8. The van der Waals surface area contributed by atoms with Gasteiger partial charge < -0.3 is 0 Å². The molecule has 3 nitrogen and oxygen atoms in total. The van der Waals surface area contributed by atoms with Gasteiger partial charge in [-0.15, -0.1) is 12.8 Å². The van der Waals surface area contributed by atoms with Crippen LogP contribution < -0.4 is 0 Å². The fraction of sp³-hybridized carbons (Fsp3) is 0.0870. The van der Waals surface area contributed by atoms with E-state index in [1.54, 1.807) is 12.4 Å². The molecule has 0 aromatic carbocycles. The van der Waals surface area contributed by atoms with Crippen molar-refractivity contribution in [3.8, 4) is 35.2 Å². The van der Waals surface area contributed by atoms with Crippen molar-refractivity contribution in [1.82, 2.24) is 15.0 Å². The third-order valence-corrected chi connectivity index (χ3v) is 3.77. The van der Waals surface area contributed by atoms with Gasteiger partial charge in [-0.25, -0.2) is 4.98 Å². The van der Waals surface area contributed by atoms with E-state index in [1.807, 2.05) is 56.6 Å². The molecule has 0 fully saturated rings. The molecule has 26 heavy (non-hydrogen) atoms. The number of hydrogen-bond acceptors (Lipinski definition) is 3. The summed E-state index contributed by atoms with van der Waals surface area (Å²) in [4.78, 5) is 13.1. The second-order valence-electron chi connectivity index (χ2n) is 5.34. The molecular weight excluding hydrogens is 318 g/mol. The summed E-state index contributed by atoms with van der Waals surface area (Å²) in [7, 11) is 0. The number of rotatable bonds is 4. The molecule has 3 heteroatoms. The molecule has 0 aliphatic heterocycles. The van der Waals surface area contributed by atoms with Crippen LogP contribution in [0.2, 0.25) is 0 Å². The van der Waals surface area contributed by atoms with Crippen molar-refractivity contribution in [2.75, 3.05) is 0 Å². The molecule has 0 aliphatic rings. The lowest BCUT2D eigenvalue weighted by Crippen LogP contribution is -1.93. The van der Waals surface area contributed by atoms with E-state index in [1.165, 1.54) is 0 Å². The summed E-state index contributed by atoms with van der Waals surface area (Å²) in [5, 5.41) is 0. The van der Waals surface area contributed by atoms with Crippen LogP contribution in [-0.2, 0) is 0 Å². The largest absolute Gasteiger partial charge is 0.265 e. The molecule has 0 atom stereocenters. The highest BCUT2D eigenvalue weighted by Gasteiger charge is 2.08. The second kappa shape index (κ2) is 9.71. The van der Waals surface area contributed by atoms with Crippen LogP contribution in [0.5, 0.6) is 0 Å². The molecular formula is C23H21N3. The highest BCUT2D eigenvalue weighted by Crippen LogP contribution is 2.28. The summed E-state index contributed by atoms with van der Waals surface area (Å²) in [5.74, 6) is 0. The van der Waals surface area contributed by atoms with Crippen molar-refractivity contribution in [3.63, 3.8) is 0 Å². The van der Waals surface area contributed by atoms with E-state index in [2.05, 4.69) is 47.1 Å². The molecule has 0 saturated carbocycles. The van der Waals surface area contributed by atoms with E-state index in [9.17, 15) is 0 Å². The number of aromatic nitrogens is 3. The summed E-state index contributed by atoms with van der Waals surface area (Å²) in [6.07, 6.45) is 21.4. The molecule has 3 aromatic rings. The molecule has 0 spiro atoms. The van der Waals surface area contributed by atoms with Crippen molar-refractivity contribution >= 4 is 5.57 Å². The van der Waals surface area contributed by atoms with Crippen LogP contribution in [-0.4, -0.2) is 15.0 Å². The van der Waals surface area contributed by atoms with E-state index < -0.39 is 0 Å². The van der Waals surface area contributed by atoms with E-state index in [0.717, 1.165) is 33.7 Å². The third kappa shape index (κ3) is 4.52. The summed E-state index contributed by atoms with van der Waals surface area (Å²) < 4.78 is 0. The monoisotopic (exact) mass is 339 g/mol. The molecule has 0 bridgehead atoms. The topological polar surface area (TPSA) is 38.7 Å². The average Bonchev–Trinajstić information content (AvgIpc) is 2.74. The lowest BCUT2D eigenvalue weighted by Gasteiger charge is -2.10. The predicted octanol–water partition coefficient (Wildman–Crippen LogP) is 5.43. The minimum Gasteiger partial charge on any atom is -0.265 e. The third-order valence-electron chi connectivity index (χ3n) is 3.77. The van der Waals surface area contributed by atoms with Crippen LogP contribution in [0.3, 0.4) is 0 Å². The Bertz CT molecular complexity index is 850. The Morgan fingerprint density at radius 1 is 0.808 bits per heavy atom. The van der Waals surface area contributed by atoms with Gasteiger partial charge in [-0.3, -0.25) is 9.97 Å². The molecule has 0 radical (unpaired) electrons. The Kier molecular flexibility index (Phi) is 7.03. The average molecular weight is 339 g/mol. The second-order valence-corrected chi connectivity index (χ2v) is 5.34. The summed E-state index contributed by atoms with van der Waals surface area (Å²) in [6, 6.07) is 12.2. The molecule has 3 heterocycles. The summed E-state index contributed by atoms with van der Waals surface area (Å²) in [5.41, 5.74) is 6.29. The SMILES string of the molecule is C#C.C/C=C\C(=C/C)c1cc(-c2ccncc2)cc(-c2ccncc2)n1. The number of hydrogen-bond donors (Lipinski definition) is 0. The molecule has 128 valence electrons. The lowest BCUT2D eigenvalue weighted by atomic mass is 10.0. The minimum absolute atomic E-state index is 0.936. The van der Waals surface area contributed by atoms with E-state index in [0.29, 0.717) is 0 Å². The molecule has 0 saturated heterocycles. The van der Waals surface area contributed by atoms with E-state index >= 15 is 0 Å². The van der Waals surface area contributed by atoms with Gasteiger partial charge in [-0.05, 0) is 66.9 Å². The molecule has 0 N–H and O–H groups in total. The van der Waals surface area contributed by atoms with Crippen LogP contribution in [0.15, 0.2) is 79.4 Å². The van der Waals surface area contributed by atoms with E-state index in [4.69, 9.17) is 4.98 Å². The van der Waals surface area contributed by atoms with Crippen molar-refractivity contribution in [2.45, 2.75) is 13.8 Å². The molecule has 3 rings (SSSR count). The zero-order valence-electron chi connectivity index (χ0n) is 15.0. The van der Waals surface area contributed by atoms with Gasteiger partial charge in [0, 0.05) is 30.4 Å². The number of pyridine rings is 3. The van der Waals surface area contributed by atoms with Crippen LogP contribution in [0.4, 0.5) is 0 Å². The molecule has 0 aliphatic carbocycles. The highest BCUT2D eigenvalue weighted by atomic mass is 14.7. The van der Waals surface area contributed by atoms with Gasteiger partial charge in [0.1, 0.15) is 0 Å². The summed E-state index contributed by atoms with van der Waals surface area (Å²) in [6.45, 7) is 4.04. The van der Waals surface area contributed by atoms with Crippen LogP contribution in [0.1, 0.15) is 19.5 Å². The first-order valence-corrected chi connectivity index (χ1v) is 8.27. The van der Waals surface area contributed by atoms with Gasteiger partial charge in [0.15, 0.2) is 0 Å². The first-order valence-electron chi connectivity index (χ1n) is 8.27. The zero-order valence-corrected chi connectivity index (χ0v) is 15.0. The lowest BCUT2D eigenvalue weighted by molar-refractivity contribution is 1.26. The van der Waals surface area contributed by atoms with Crippen molar-refractivity contribution in [1.29, 1.82) is 0 Å². The standard InChI is InChI=1S/C21H19N3.C2H2/c1-3-5-16(4-2)20-14-19(17-6-10-22-11-7-17)15-21(24-20)18-8-12-23-13-9-18;1-2/h3-15H,1-2H3;1-2H/b5-3-,16-4+;. The molecule has 0 amide bonds. The van der Waals surface area contributed by atoms with Crippen molar-refractivity contribution in [3.05, 3.63) is 85.1 Å². The molecule has 0 unspecified atom stereocenters. The zero-order chi connectivity index (χ0) is 18.8. The maximum absolute atomic E-state index is 4.86. The maximum atomic E-state index is 4.86. The molecule has 3 aromatic heterocycles. The number of terminal acetylenes is 1. The van der Waals surface area contributed by atoms with Crippen LogP contribution >= 0.6 is 0 Å². The Balaban J connectivity index is 0.00000117. The van der Waals surface area contributed by atoms with Crippen molar-refractivity contribution in [2.24, 2.45) is 0 Å². The quantitative estimate of drug-likeness (QED) is 0.469. The first kappa shape index (κ1) is 18.8. The van der Waals surface area contributed by atoms with Gasteiger partial charge >= 0.3 is 0 Å². The van der Waals surface area contributed by atoms with Gasteiger partial charge in [-0.1, -0.05) is 18.2 Å². The fourth-order valence-corrected chi connectivity index (χ4v) is 2.57. The van der Waals surface area contributed by atoms with Gasteiger partial charge in [0.05, 0.1) is 11.4 Å². The van der Waals surface area contributed by atoms with Crippen LogP contribution in [0.25, 0.3) is 28.0 Å². The minimum atomic E-state index is 0.936. The van der Waals surface area contributed by atoms with Gasteiger partial charge in [-0.2, -0.15) is 0 Å². The van der Waals surface area contributed by atoms with Crippen LogP contribution in [0, 0.1) is 12.8 Å². The van der Waals surface area contributed by atoms with E-state index in [-0.39, 0.29) is 0 Å². The normalized spacial score (nSPS) is 11.0. The Morgan fingerprint density at radius 2 is 1.38 bits per heavy atom.